The van der Waals surface area contributed by atoms with Crippen LogP contribution in [-0.2, 0) is 6.18 Å². The number of hydrogen-bond acceptors (Lipinski definition) is 3. The Morgan fingerprint density at radius 1 is 1.08 bits per heavy atom. The summed E-state index contributed by atoms with van der Waals surface area (Å²) in [5.74, 6) is -0.521. The van der Waals surface area contributed by atoms with Gasteiger partial charge >= 0.3 is 12.1 Å². The molecule has 0 saturated carbocycles. The van der Waals surface area contributed by atoms with E-state index >= 15 is 0 Å². The van der Waals surface area contributed by atoms with Crippen LogP contribution >= 0.6 is 0 Å². The van der Waals surface area contributed by atoms with Crippen LogP contribution in [0.25, 0.3) is 11.0 Å². The zero-order chi connectivity index (χ0) is 17.2. The Morgan fingerprint density at radius 3 is 2.62 bits per heavy atom. The van der Waals surface area contributed by atoms with Crippen molar-refractivity contribution in [2.24, 2.45) is 5.10 Å². The molecule has 1 heterocycles. The molecule has 0 bridgehead atoms. The molecule has 1 aromatic heterocycles. The molecule has 0 aliphatic heterocycles. The van der Waals surface area contributed by atoms with E-state index in [4.69, 9.17) is 4.42 Å². The summed E-state index contributed by atoms with van der Waals surface area (Å²) in [6.07, 6.45) is -3.29. The number of fused-ring (bicyclic) bond motifs is 1. The molecule has 24 heavy (non-hydrogen) atoms. The highest BCUT2D eigenvalue weighted by Crippen LogP contribution is 2.29. The molecular formula is C17H11F3N2O2. The number of carbonyl (C=O) groups excluding carboxylic acids is 1. The van der Waals surface area contributed by atoms with E-state index in [1.165, 1.54) is 12.1 Å². The molecular weight excluding hydrogens is 321 g/mol. The summed E-state index contributed by atoms with van der Waals surface area (Å²) >= 11 is 0. The Kier molecular flexibility index (Phi) is 4.07. The van der Waals surface area contributed by atoms with E-state index in [1.807, 2.05) is 6.07 Å². The predicted octanol–water partition coefficient (Wildman–Crippen LogP) is 4.22. The van der Waals surface area contributed by atoms with Crippen molar-refractivity contribution in [3.8, 4) is 0 Å². The molecule has 0 fully saturated rings. The van der Waals surface area contributed by atoms with Crippen LogP contribution in [-0.4, -0.2) is 12.1 Å². The zero-order valence-electron chi connectivity index (χ0n) is 12.2. The van der Waals surface area contributed by atoms with Gasteiger partial charge in [-0.15, -0.1) is 0 Å². The fourth-order valence-electron chi connectivity index (χ4n) is 2.11. The molecule has 1 N–H and O–H groups in total. The Bertz CT molecular complexity index is 880. The van der Waals surface area contributed by atoms with Crippen molar-refractivity contribution in [1.29, 1.82) is 0 Å². The lowest BCUT2D eigenvalue weighted by Crippen LogP contribution is -2.16. The van der Waals surface area contributed by atoms with Gasteiger partial charge in [0.1, 0.15) is 5.58 Å². The third kappa shape index (κ3) is 3.45. The maximum absolute atomic E-state index is 12.6. The van der Waals surface area contributed by atoms with Gasteiger partial charge in [-0.2, -0.15) is 18.3 Å². The summed E-state index contributed by atoms with van der Waals surface area (Å²) in [4.78, 5) is 11.9. The van der Waals surface area contributed by atoms with E-state index in [0.717, 1.165) is 23.7 Å². The van der Waals surface area contributed by atoms with Gasteiger partial charge in [0.15, 0.2) is 5.76 Å². The first-order chi connectivity index (χ1) is 11.4. The summed E-state index contributed by atoms with van der Waals surface area (Å²) in [6.45, 7) is 0. The van der Waals surface area contributed by atoms with E-state index in [-0.39, 0.29) is 11.3 Å². The lowest BCUT2D eigenvalue weighted by atomic mass is 10.1. The monoisotopic (exact) mass is 332 g/mol. The zero-order valence-corrected chi connectivity index (χ0v) is 12.2. The lowest BCUT2D eigenvalue weighted by molar-refractivity contribution is -0.137. The van der Waals surface area contributed by atoms with E-state index in [2.05, 4.69) is 10.5 Å². The Labute approximate surface area is 134 Å². The first-order valence-corrected chi connectivity index (χ1v) is 6.93. The number of halogens is 3. The number of rotatable bonds is 3. The van der Waals surface area contributed by atoms with Gasteiger partial charge in [0.05, 0.1) is 11.8 Å². The van der Waals surface area contributed by atoms with Gasteiger partial charge in [-0.25, -0.2) is 5.43 Å². The number of furan rings is 1. The molecule has 7 heteroatoms. The largest absolute Gasteiger partial charge is 0.451 e. The Balaban J connectivity index is 1.71. The van der Waals surface area contributed by atoms with Crippen LogP contribution in [0.1, 0.15) is 21.7 Å². The molecule has 0 aliphatic carbocycles. The SMILES string of the molecule is O=C(N/N=C\c1cccc(C(F)(F)F)c1)c1cc2ccccc2o1. The van der Waals surface area contributed by atoms with Crippen LogP contribution in [0, 0.1) is 0 Å². The van der Waals surface area contributed by atoms with E-state index < -0.39 is 17.6 Å². The second-order valence-corrected chi connectivity index (χ2v) is 4.97. The van der Waals surface area contributed by atoms with Gasteiger partial charge in [0, 0.05) is 5.39 Å². The summed E-state index contributed by atoms with van der Waals surface area (Å²) in [7, 11) is 0. The van der Waals surface area contributed by atoms with Crippen molar-refractivity contribution in [2.45, 2.75) is 6.18 Å². The van der Waals surface area contributed by atoms with Gasteiger partial charge < -0.3 is 4.42 Å². The first-order valence-electron chi connectivity index (χ1n) is 6.93. The molecule has 0 spiro atoms. The summed E-state index contributed by atoms with van der Waals surface area (Å²) in [6, 6.07) is 13.3. The van der Waals surface area contributed by atoms with Crippen LogP contribution in [0.4, 0.5) is 13.2 Å². The minimum atomic E-state index is -4.43. The van der Waals surface area contributed by atoms with Crippen LogP contribution in [0.2, 0.25) is 0 Å². The fraction of sp³-hybridized carbons (Fsp3) is 0.0588. The van der Waals surface area contributed by atoms with Gasteiger partial charge in [-0.1, -0.05) is 30.3 Å². The average molecular weight is 332 g/mol. The number of para-hydroxylation sites is 1. The molecule has 3 rings (SSSR count). The third-order valence-electron chi connectivity index (χ3n) is 3.24. The molecule has 3 aromatic rings. The van der Waals surface area contributed by atoms with Crippen molar-refractivity contribution < 1.29 is 22.4 Å². The summed E-state index contributed by atoms with van der Waals surface area (Å²) in [5, 5.41) is 4.43. The Hall–Kier alpha value is -3.09. The topological polar surface area (TPSA) is 54.6 Å². The van der Waals surface area contributed by atoms with Gasteiger partial charge in [-0.3, -0.25) is 4.79 Å². The number of carbonyl (C=O) groups is 1. The van der Waals surface area contributed by atoms with Crippen molar-refractivity contribution >= 4 is 23.1 Å². The predicted molar refractivity (Wildman–Crippen MR) is 82.7 cm³/mol. The van der Waals surface area contributed by atoms with E-state index in [9.17, 15) is 18.0 Å². The van der Waals surface area contributed by atoms with Gasteiger partial charge in [0.25, 0.3) is 0 Å². The van der Waals surface area contributed by atoms with E-state index in [1.54, 1.807) is 24.3 Å². The second-order valence-electron chi connectivity index (χ2n) is 4.97. The second kappa shape index (κ2) is 6.19. The number of hydrazone groups is 1. The molecule has 0 radical (unpaired) electrons. The highest BCUT2D eigenvalue weighted by molar-refractivity contribution is 5.96. The number of benzene rings is 2. The van der Waals surface area contributed by atoms with Crippen LogP contribution in [0.3, 0.4) is 0 Å². The first kappa shape index (κ1) is 15.8. The van der Waals surface area contributed by atoms with Crippen LogP contribution < -0.4 is 5.43 Å². The number of amides is 1. The third-order valence-corrected chi connectivity index (χ3v) is 3.24. The summed E-state index contributed by atoms with van der Waals surface area (Å²) < 4.78 is 43.2. The fourth-order valence-corrected chi connectivity index (χ4v) is 2.11. The lowest BCUT2D eigenvalue weighted by Gasteiger charge is -2.06. The number of alkyl halides is 3. The highest BCUT2D eigenvalue weighted by Gasteiger charge is 2.30. The minimum Gasteiger partial charge on any atom is -0.451 e. The van der Waals surface area contributed by atoms with Crippen molar-refractivity contribution in [3.63, 3.8) is 0 Å². The maximum Gasteiger partial charge on any atom is 0.416 e. The minimum absolute atomic E-state index is 0.0670. The number of hydrogen-bond donors (Lipinski definition) is 1. The number of nitrogens with zero attached hydrogens (tertiary/aromatic N) is 1. The maximum atomic E-state index is 12.6. The molecule has 0 atom stereocenters. The van der Waals surface area contributed by atoms with Gasteiger partial charge in [-0.05, 0) is 29.8 Å². The van der Waals surface area contributed by atoms with Crippen molar-refractivity contribution in [3.05, 3.63) is 71.5 Å². The van der Waals surface area contributed by atoms with E-state index in [0.29, 0.717) is 5.58 Å². The smallest absolute Gasteiger partial charge is 0.416 e. The summed E-state index contributed by atoms with van der Waals surface area (Å²) in [5.41, 5.74) is 2.22. The molecule has 2 aromatic carbocycles. The quantitative estimate of drug-likeness (QED) is 0.577. The molecule has 0 aliphatic rings. The van der Waals surface area contributed by atoms with Crippen LogP contribution in [0.15, 0.2) is 64.1 Å². The van der Waals surface area contributed by atoms with Gasteiger partial charge in [0.2, 0.25) is 0 Å². The standard InChI is InChI=1S/C17H11F3N2O2/c18-17(19,20)13-6-3-4-11(8-13)10-21-22-16(23)15-9-12-5-1-2-7-14(12)24-15/h1-10H,(H,22,23)/b21-10-. The molecule has 4 nitrogen and oxygen atoms in total. The average Bonchev–Trinajstić information content (AvgIpc) is 2.98. The van der Waals surface area contributed by atoms with Crippen molar-refractivity contribution in [1.82, 2.24) is 5.43 Å². The molecule has 1 amide bonds. The van der Waals surface area contributed by atoms with Crippen molar-refractivity contribution in [2.75, 3.05) is 0 Å². The molecule has 0 saturated heterocycles. The van der Waals surface area contributed by atoms with Crippen LogP contribution in [0.5, 0.6) is 0 Å². The molecule has 0 unspecified atom stereocenters. The molecule has 122 valence electrons. The normalized spacial score (nSPS) is 12.0. The number of nitrogens with one attached hydrogen (secondary N) is 1. The Morgan fingerprint density at radius 2 is 1.88 bits per heavy atom. The highest BCUT2D eigenvalue weighted by atomic mass is 19.4.